The van der Waals surface area contributed by atoms with Crippen molar-refractivity contribution in [1.82, 2.24) is 14.9 Å². The number of nitrogens with zero attached hydrogens (tertiary/aromatic N) is 2. The van der Waals surface area contributed by atoms with Gasteiger partial charge in [0.05, 0.1) is 11.7 Å². The Hall–Kier alpha value is -3.98. The van der Waals surface area contributed by atoms with E-state index in [1.54, 1.807) is 12.1 Å². The van der Waals surface area contributed by atoms with Gasteiger partial charge in [-0.05, 0) is 61.7 Å². The summed E-state index contributed by atoms with van der Waals surface area (Å²) < 4.78 is 1.48. The summed E-state index contributed by atoms with van der Waals surface area (Å²) in [5.41, 5.74) is 4.06. The predicted octanol–water partition coefficient (Wildman–Crippen LogP) is 4.73. The van der Waals surface area contributed by atoms with Crippen LogP contribution in [0.4, 0.5) is 16.2 Å². The largest absolute Gasteiger partial charge is 0.352 e. The quantitative estimate of drug-likeness (QED) is 0.349. The highest BCUT2D eigenvalue weighted by molar-refractivity contribution is 7.18. The van der Waals surface area contributed by atoms with Gasteiger partial charge in [-0.1, -0.05) is 24.3 Å². The first kappa shape index (κ1) is 24.2. The molecule has 0 aliphatic heterocycles. The number of aryl methyl sites for hydroxylation is 4. The third kappa shape index (κ3) is 5.93. The first-order valence-corrected chi connectivity index (χ1v) is 12.1. The number of thiophene rings is 1. The summed E-state index contributed by atoms with van der Waals surface area (Å²) in [5.74, 6) is -0.175. The Morgan fingerprint density at radius 2 is 1.71 bits per heavy atom. The van der Waals surface area contributed by atoms with Crippen LogP contribution in [-0.4, -0.2) is 21.5 Å². The number of urea groups is 1. The van der Waals surface area contributed by atoms with Gasteiger partial charge in [0.2, 0.25) is 5.91 Å². The molecule has 2 heterocycles. The lowest BCUT2D eigenvalue weighted by Crippen LogP contribution is -2.27. The number of carbonyl (C=O) groups is 2. The van der Waals surface area contributed by atoms with Gasteiger partial charge in [-0.2, -0.15) is 0 Å². The van der Waals surface area contributed by atoms with E-state index in [0.29, 0.717) is 23.3 Å². The van der Waals surface area contributed by atoms with Crippen molar-refractivity contribution in [3.63, 3.8) is 0 Å². The molecule has 0 saturated heterocycles. The smallest absolute Gasteiger partial charge is 0.323 e. The summed E-state index contributed by atoms with van der Waals surface area (Å²) in [6.45, 7) is 6.41. The Labute approximate surface area is 207 Å². The Balaban J connectivity index is 1.30. The minimum Gasteiger partial charge on any atom is -0.352 e. The van der Waals surface area contributed by atoms with Crippen molar-refractivity contribution < 1.29 is 9.59 Å². The summed E-state index contributed by atoms with van der Waals surface area (Å²) in [7, 11) is 0. The Morgan fingerprint density at radius 1 is 1.00 bits per heavy atom. The van der Waals surface area contributed by atoms with Crippen LogP contribution in [0.3, 0.4) is 0 Å². The van der Waals surface area contributed by atoms with E-state index in [1.165, 1.54) is 22.2 Å². The molecule has 0 spiro atoms. The molecule has 0 bridgehead atoms. The first-order valence-electron chi connectivity index (χ1n) is 11.3. The van der Waals surface area contributed by atoms with Crippen LogP contribution in [0.5, 0.6) is 0 Å². The molecule has 4 rings (SSSR count). The number of nitrogens with one attached hydrogen (secondary N) is 3. The standard InChI is InChI=1S/C26H27N5O3S/c1-16-6-4-8-20(12-16)29-26(34)30-21-9-5-7-19(13-21)14-27-22(32)10-11-31-15-28-24-23(25(31)33)17(2)18(3)35-24/h4-9,12-13,15H,10-11,14H2,1-3H3,(H,27,32)(H2,29,30,34). The van der Waals surface area contributed by atoms with E-state index in [4.69, 9.17) is 0 Å². The molecule has 3 amide bonds. The maximum absolute atomic E-state index is 12.8. The van der Waals surface area contributed by atoms with E-state index in [0.717, 1.165) is 26.4 Å². The Kier molecular flexibility index (Phi) is 7.26. The second kappa shape index (κ2) is 10.5. The molecule has 0 aliphatic rings. The Bertz CT molecular complexity index is 1460. The van der Waals surface area contributed by atoms with Gasteiger partial charge in [-0.25, -0.2) is 9.78 Å². The molecule has 0 saturated carbocycles. The minimum atomic E-state index is -0.344. The zero-order valence-electron chi connectivity index (χ0n) is 19.8. The van der Waals surface area contributed by atoms with Crippen LogP contribution in [-0.2, 0) is 17.9 Å². The molecule has 0 radical (unpaired) electrons. The molecule has 8 nitrogen and oxygen atoms in total. The summed E-state index contributed by atoms with van der Waals surface area (Å²) in [6, 6.07) is 14.5. The minimum absolute atomic E-state index is 0.118. The van der Waals surface area contributed by atoms with Crippen molar-refractivity contribution in [3.8, 4) is 0 Å². The normalized spacial score (nSPS) is 10.8. The zero-order chi connectivity index (χ0) is 24.9. The van der Waals surface area contributed by atoms with Crippen LogP contribution in [0.1, 0.15) is 28.0 Å². The van der Waals surface area contributed by atoms with Crippen LogP contribution in [0, 0.1) is 20.8 Å². The van der Waals surface area contributed by atoms with E-state index in [9.17, 15) is 14.4 Å². The number of carbonyl (C=O) groups excluding carboxylic acids is 2. The number of hydrogen-bond acceptors (Lipinski definition) is 5. The summed E-state index contributed by atoms with van der Waals surface area (Å²) in [4.78, 5) is 43.6. The van der Waals surface area contributed by atoms with E-state index in [1.807, 2.05) is 57.2 Å². The van der Waals surface area contributed by atoms with Gasteiger partial charge in [-0.15, -0.1) is 11.3 Å². The van der Waals surface area contributed by atoms with Gasteiger partial charge in [0.25, 0.3) is 5.56 Å². The highest BCUT2D eigenvalue weighted by Crippen LogP contribution is 2.25. The van der Waals surface area contributed by atoms with Gasteiger partial charge in [0.15, 0.2) is 0 Å². The van der Waals surface area contributed by atoms with Crippen molar-refractivity contribution in [1.29, 1.82) is 0 Å². The lowest BCUT2D eigenvalue weighted by molar-refractivity contribution is -0.121. The number of anilines is 2. The average Bonchev–Trinajstić information content (AvgIpc) is 3.11. The third-order valence-corrected chi connectivity index (χ3v) is 6.80. The fraction of sp³-hybridized carbons (Fsp3) is 0.231. The molecule has 2 aromatic heterocycles. The molecule has 0 aliphatic carbocycles. The number of benzene rings is 2. The van der Waals surface area contributed by atoms with Gasteiger partial charge in [0.1, 0.15) is 4.83 Å². The van der Waals surface area contributed by atoms with Crippen molar-refractivity contribution in [2.24, 2.45) is 0 Å². The third-order valence-electron chi connectivity index (χ3n) is 5.69. The number of aromatic nitrogens is 2. The van der Waals surface area contributed by atoms with Crippen molar-refractivity contribution in [2.75, 3.05) is 10.6 Å². The van der Waals surface area contributed by atoms with E-state index >= 15 is 0 Å². The molecule has 3 N–H and O–H groups in total. The number of amides is 3. The lowest BCUT2D eigenvalue weighted by Gasteiger charge is -2.10. The van der Waals surface area contributed by atoms with Crippen molar-refractivity contribution >= 4 is 44.9 Å². The maximum atomic E-state index is 12.8. The van der Waals surface area contributed by atoms with E-state index in [2.05, 4.69) is 20.9 Å². The topological polar surface area (TPSA) is 105 Å². The molecule has 4 aromatic rings. The molecule has 180 valence electrons. The lowest BCUT2D eigenvalue weighted by atomic mass is 10.2. The van der Waals surface area contributed by atoms with Gasteiger partial charge in [-0.3, -0.25) is 14.2 Å². The van der Waals surface area contributed by atoms with Gasteiger partial charge >= 0.3 is 6.03 Å². The second-order valence-corrected chi connectivity index (χ2v) is 9.59. The first-order chi connectivity index (χ1) is 16.8. The predicted molar refractivity (Wildman–Crippen MR) is 140 cm³/mol. The molecule has 0 fully saturated rings. The van der Waals surface area contributed by atoms with Crippen LogP contribution in [0.2, 0.25) is 0 Å². The van der Waals surface area contributed by atoms with Gasteiger partial charge in [0, 0.05) is 35.8 Å². The molecule has 9 heteroatoms. The fourth-order valence-electron chi connectivity index (χ4n) is 3.72. The van der Waals surface area contributed by atoms with Crippen molar-refractivity contribution in [3.05, 3.63) is 86.8 Å². The number of hydrogen-bond donors (Lipinski definition) is 3. The zero-order valence-corrected chi connectivity index (χ0v) is 20.7. The van der Waals surface area contributed by atoms with Crippen LogP contribution in [0.15, 0.2) is 59.7 Å². The second-order valence-electron chi connectivity index (χ2n) is 8.38. The highest BCUT2D eigenvalue weighted by atomic mass is 32.1. The summed E-state index contributed by atoms with van der Waals surface area (Å²) in [5, 5.41) is 9.10. The van der Waals surface area contributed by atoms with E-state index in [-0.39, 0.29) is 30.5 Å². The van der Waals surface area contributed by atoms with Crippen LogP contribution >= 0.6 is 11.3 Å². The monoisotopic (exact) mass is 489 g/mol. The SMILES string of the molecule is Cc1cccc(NC(=O)Nc2cccc(CNC(=O)CCn3cnc4sc(C)c(C)c4c3=O)c2)c1. The molecule has 0 unspecified atom stereocenters. The molecular formula is C26H27N5O3S. The van der Waals surface area contributed by atoms with Crippen molar-refractivity contribution in [2.45, 2.75) is 40.3 Å². The summed E-state index contributed by atoms with van der Waals surface area (Å²) in [6.07, 6.45) is 1.66. The maximum Gasteiger partial charge on any atom is 0.323 e. The number of fused-ring (bicyclic) bond motifs is 1. The number of rotatable bonds is 7. The molecule has 2 aromatic carbocycles. The fourth-order valence-corrected chi connectivity index (χ4v) is 4.70. The molecule has 35 heavy (non-hydrogen) atoms. The van der Waals surface area contributed by atoms with E-state index < -0.39 is 0 Å². The Morgan fingerprint density at radius 3 is 2.46 bits per heavy atom. The van der Waals surface area contributed by atoms with Gasteiger partial charge < -0.3 is 16.0 Å². The molecular weight excluding hydrogens is 462 g/mol. The van der Waals surface area contributed by atoms with Crippen LogP contribution < -0.4 is 21.5 Å². The highest BCUT2D eigenvalue weighted by Gasteiger charge is 2.13. The van der Waals surface area contributed by atoms with Crippen LogP contribution in [0.25, 0.3) is 10.2 Å². The molecule has 0 atom stereocenters. The summed E-state index contributed by atoms with van der Waals surface area (Å²) >= 11 is 1.50. The average molecular weight is 490 g/mol.